The van der Waals surface area contributed by atoms with Gasteiger partial charge in [0.2, 0.25) is 0 Å². The van der Waals surface area contributed by atoms with Crippen molar-refractivity contribution in [3.8, 4) is 5.75 Å². The van der Waals surface area contributed by atoms with E-state index in [2.05, 4.69) is 0 Å². The number of aromatic hydroxyl groups is 1. The number of alkyl halides is 1. The molecule has 14 heavy (non-hydrogen) atoms. The van der Waals surface area contributed by atoms with Crippen LogP contribution < -0.4 is 5.73 Å². The number of hydrogen-bond donors (Lipinski definition) is 2. The van der Waals surface area contributed by atoms with Crippen LogP contribution in [-0.2, 0) is 0 Å². The second kappa shape index (κ2) is 4.82. The summed E-state index contributed by atoms with van der Waals surface area (Å²) < 4.78 is 12.0. The maximum Gasteiger partial charge on any atom is 0.123 e. The zero-order valence-corrected chi connectivity index (χ0v) is 8.82. The highest BCUT2D eigenvalue weighted by Gasteiger charge is 2.15. The third-order valence-electron chi connectivity index (χ3n) is 1.86. The van der Waals surface area contributed by atoms with Crippen molar-refractivity contribution in [2.45, 2.75) is 12.5 Å². The van der Waals surface area contributed by atoms with Crippen LogP contribution in [0.25, 0.3) is 0 Å². The van der Waals surface area contributed by atoms with Gasteiger partial charge in [0, 0.05) is 16.6 Å². The zero-order chi connectivity index (χ0) is 10.7. The van der Waals surface area contributed by atoms with E-state index in [1.165, 1.54) is 12.1 Å². The summed E-state index contributed by atoms with van der Waals surface area (Å²) in [7, 11) is 0. The van der Waals surface area contributed by atoms with Crippen molar-refractivity contribution in [1.82, 2.24) is 0 Å². The lowest BCUT2D eigenvalue weighted by Crippen LogP contribution is -2.11. The highest BCUT2D eigenvalue weighted by atomic mass is 35.5. The third-order valence-corrected chi connectivity index (χ3v) is 2.39. The van der Waals surface area contributed by atoms with Gasteiger partial charge in [-0.1, -0.05) is 23.2 Å². The van der Waals surface area contributed by atoms with E-state index in [0.717, 1.165) is 0 Å². The Morgan fingerprint density at radius 3 is 2.57 bits per heavy atom. The van der Waals surface area contributed by atoms with E-state index in [1.54, 1.807) is 0 Å². The van der Waals surface area contributed by atoms with Crippen molar-refractivity contribution in [1.29, 1.82) is 0 Å². The Morgan fingerprint density at radius 2 is 2.07 bits per heavy atom. The zero-order valence-electron chi connectivity index (χ0n) is 7.30. The van der Waals surface area contributed by atoms with Crippen LogP contribution in [0.4, 0.5) is 4.39 Å². The lowest BCUT2D eigenvalue weighted by molar-refractivity contribution is 0.424. The first-order chi connectivity index (χ1) is 6.56. The molecule has 0 aliphatic rings. The van der Waals surface area contributed by atoms with Crippen LogP contribution in [0.15, 0.2) is 12.1 Å². The lowest BCUT2D eigenvalue weighted by atomic mass is 10.0. The summed E-state index contributed by atoms with van der Waals surface area (Å²) in [5.74, 6) is -0.0940. The molecule has 3 N–H and O–H groups in total. The van der Waals surface area contributed by atoms with Crippen LogP contribution in [0.3, 0.4) is 0 Å². The van der Waals surface area contributed by atoms with Gasteiger partial charge >= 0.3 is 0 Å². The van der Waals surface area contributed by atoms with Crippen molar-refractivity contribution in [2.24, 2.45) is 5.73 Å². The van der Waals surface area contributed by atoms with Gasteiger partial charge in [0.25, 0.3) is 0 Å². The van der Waals surface area contributed by atoms with Crippen LogP contribution in [0, 0.1) is 0 Å². The molecule has 0 fully saturated rings. The fourth-order valence-electron chi connectivity index (χ4n) is 1.20. The predicted octanol–water partition coefficient (Wildman–Crippen LogP) is 3.06. The Hall–Kier alpha value is -0.510. The first kappa shape index (κ1) is 11.6. The molecule has 0 heterocycles. The van der Waals surface area contributed by atoms with Gasteiger partial charge in [-0.3, -0.25) is 4.39 Å². The van der Waals surface area contributed by atoms with Gasteiger partial charge < -0.3 is 10.8 Å². The van der Waals surface area contributed by atoms with E-state index >= 15 is 0 Å². The molecular weight excluding hydrogens is 228 g/mol. The second-order valence-electron chi connectivity index (χ2n) is 2.90. The van der Waals surface area contributed by atoms with Crippen LogP contribution in [-0.4, -0.2) is 11.8 Å². The number of hydrogen-bond acceptors (Lipinski definition) is 2. The van der Waals surface area contributed by atoms with E-state index in [9.17, 15) is 9.50 Å². The number of nitrogens with two attached hydrogens (primary N) is 1. The second-order valence-corrected chi connectivity index (χ2v) is 3.75. The van der Waals surface area contributed by atoms with Crippen LogP contribution >= 0.6 is 23.2 Å². The summed E-state index contributed by atoms with van der Waals surface area (Å²) in [6, 6.07) is 2.20. The maximum absolute atomic E-state index is 12.0. The molecule has 78 valence electrons. The molecule has 0 saturated heterocycles. The standard InChI is InChI=1S/C9H10Cl2FNO/c10-5-3-6(11)9(8(14)4-5)7(13)1-2-12/h3-4,7,14H,1-2,13H2/t7-/m1/s1. The van der Waals surface area contributed by atoms with Crippen molar-refractivity contribution in [3.05, 3.63) is 27.7 Å². The topological polar surface area (TPSA) is 46.2 Å². The maximum atomic E-state index is 12.0. The minimum absolute atomic E-state index is 0.0940. The fraction of sp³-hybridized carbons (Fsp3) is 0.333. The minimum atomic E-state index is -0.607. The van der Waals surface area contributed by atoms with Crippen molar-refractivity contribution in [3.63, 3.8) is 0 Å². The molecule has 0 amide bonds. The first-order valence-electron chi connectivity index (χ1n) is 4.05. The largest absolute Gasteiger partial charge is 0.508 e. The quantitative estimate of drug-likeness (QED) is 0.849. The Labute approximate surface area is 91.4 Å². The molecule has 0 radical (unpaired) electrons. The van der Waals surface area contributed by atoms with Gasteiger partial charge in [-0.2, -0.15) is 0 Å². The van der Waals surface area contributed by atoms with E-state index in [0.29, 0.717) is 10.6 Å². The lowest BCUT2D eigenvalue weighted by Gasteiger charge is -2.13. The molecule has 0 bridgehead atoms. The molecule has 1 atom stereocenters. The Bertz CT molecular complexity index is 310. The summed E-state index contributed by atoms with van der Waals surface area (Å²) in [5, 5.41) is 10.1. The van der Waals surface area contributed by atoms with Crippen LogP contribution in [0.5, 0.6) is 5.75 Å². The summed E-state index contributed by atoms with van der Waals surface area (Å²) in [5.41, 5.74) is 5.97. The van der Waals surface area contributed by atoms with Crippen molar-refractivity contribution in [2.75, 3.05) is 6.67 Å². The van der Waals surface area contributed by atoms with E-state index in [4.69, 9.17) is 28.9 Å². The molecule has 1 rings (SSSR count). The SMILES string of the molecule is N[C@H](CCF)c1c(O)cc(Cl)cc1Cl. The van der Waals surface area contributed by atoms with Gasteiger partial charge in [-0.05, 0) is 18.6 Å². The van der Waals surface area contributed by atoms with Gasteiger partial charge in [0.15, 0.2) is 0 Å². The van der Waals surface area contributed by atoms with Crippen LogP contribution in [0.1, 0.15) is 18.0 Å². The molecule has 0 aliphatic heterocycles. The van der Waals surface area contributed by atoms with Crippen molar-refractivity contribution < 1.29 is 9.50 Å². The molecular formula is C9H10Cl2FNO. The third kappa shape index (κ3) is 2.50. The van der Waals surface area contributed by atoms with E-state index < -0.39 is 12.7 Å². The van der Waals surface area contributed by atoms with Gasteiger partial charge in [-0.25, -0.2) is 0 Å². The average Bonchev–Trinajstić information content (AvgIpc) is 2.01. The highest BCUT2D eigenvalue weighted by Crippen LogP contribution is 2.34. The molecule has 5 heteroatoms. The summed E-state index contributed by atoms with van der Waals surface area (Å²) in [6.45, 7) is -0.556. The number of phenols is 1. The van der Waals surface area contributed by atoms with Crippen molar-refractivity contribution >= 4 is 23.2 Å². The smallest absolute Gasteiger partial charge is 0.123 e. The molecule has 0 unspecified atom stereocenters. The Balaban J connectivity index is 3.07. The molecule has 0 aliphatic carbocycles. The number of rotatable bonds is 3. The highest BCUT2D eigenvalue weighted by molar-refractivity contribution is 6.35. The molecule has 0 spiro atoms. The molecule has 0 saturated carbocycles. The predicted molar refractivity (Wildman–Crippen MR) is 55.6 cm³/mol. The molecule has 1 aromatic carbocycles. The summed E-state index contributed by atoms with van der Waals surface area (Å²) in [4.78, 5) is 0. The number of phenolic OH excluding ortho intramolecular Hbond substituents is 1. The van der Waals surface area contributed by atoms with Gasteiger partial charge in [0.05, 0.1) is 11.7 Å². The molecule has 0 aromatic heterocycles. The van der Waals surface area contributed by atoms with Gasteiger partial charge in [0.1, 0.15) is 5.75 Å². The Kier molecular flexibility index (Phi) is 3.98. The minimum Gasteiger partial charge on any atom is -0.508 e. The Morgan fingerprint density at radius 1 is 1.43 bits per heavy atom. The first-order valence-corrected chi connectivity index (χ1v) is 4.81. The average molecular weight is 238 g/mol. The fourth-order valence-corrected chi connectivity index (χ4v) is 1.82. The van der Waals surface area contributed by atoms with E-state index in [1.807, 2.05) is 0 Å². The molecule has 1 aromatic rings. The van der Waals surface area contributed by atoms with E-state index in [-0.39, 0.29) is 17.2 Å². The van der Waals surface area contributed by atoms with Crippen LogP contribution in [0.2, 0.25) is 10.0 Å². The number of benzene rings is 1. The number of halogens is 3. The van der Waals surface area contributed by atoms with Gasteiger partial charge in [-0.15, -0.1) is 0 Å². The summed E-state index contributed by atoms with van der Waals surface area (Å²) >= 11 is 11.5. The monoisotopic (exact) mass is 237 g/mol. The molecule has 2 nitrogen and oxygen atoms in total. The normalized spacial score (nSPS) is 12.9. The summed E-state index contributed by atoms with van der Waals surface area (Å²) in [6.07, 6.45) is 0.120.